The van der Waals surface area contributed by atoms with Gasteiger partial charge >= 0.3 is 5.97 Å². The van der Waals surface area contributed by atoms with E-state index in [2.05, 4.69) is 31.7 Å². The summed E-state index contributed by atoms with van der Waals surface area (Å²) < 4.78 is 0. The predicted molar refractivity (Wildman–Crippen MR) is 136 cm³/mol. The molecule has 2 saturated heterocycles. The van der Waals surface area contributed by atoms with Gasteiger partial charge in [-0.1, -0.05) is 45.3 Å². The molecule has 5 fully saturated rings. The van der Waals surface area contributed by atoms with E-state index in [0.29, 0.717) is 12.6 Å². The Bertz CT molecular complexity index is 1010. The molecule has 8 unspecified atom stereocenters. The van der Waals surface area contributed by atoms with Gasteiger partial charge in [0, 0.05) is 5.41 Å². The molecule has 3 saturated carbocycles. The van der Waals surface area contributed by atoms with Crippen LogP contribution in [0.5, 0.6) is 0 Å². The first-order valence-corrected chi connectivity index (χ1v) is 14.6. The average Bonchev–Trinajstić information content (AvgIpc) is 3.11. The smallest absolute Gasteiger partial charge is 0.309 e. The van der Waals surface area contributed by atoms with Gasteiger partial charge in [0.15, 0.2) is 0 Å². The molecular weight excluding hydrogens is 452 g/mol. The average molecular weight is 497 g/mol. The molecule has 0 radical (unpaired) electrons. The van der Waals surface area contributed by atoms with Crippen LogP contribution in [0.1, 0.15) is 85.5 Å². The van der Waals surface area contributed by atoms with Gasteiger partial charge in [0.1, 0.15) is 0 Å². The van der Waals surface area contributed by atoms with Gasteiger partial charge in [-0.2, -0.15) is 0 Å². The zero-order chi connectivity index (χ0) is 25.6. The summed E-state index contributed by atoms with van der Waals surface area (Å²) in [5.74, 6) is -0.175. The Labute approximate surface area is 215 Å². The van der Waals surface area contributed by atoms with Crippen LogP contribution in [0.3, 0.4) is 0 Å². The molecule has 0 aromatic heterocycles. The minimum Gasteiger partial charge on any atom is -0.481 e. The Hall–Kier alpha value is -1.69. The van der Waals surface area contributed by atoms with Gasteiger partial charge in [0.05, 0.1) is 23.9 Å². The topological polar surface area (TPSA) is 77.9 Å². The van der Waals surface area contributed by atoms with Gasteiger partial charge in [-0.15, -0.1) is 0 Å². The number of fused-ring (bicyclic) bond motifs is 1. The van der Waals surface area contributed by atoms with Crippen molar-refractivity contribution in [1.29, 1.82) is 0 Å². The number of piperidine rings is 1. The van der Waals surface area contributed by atoms with E-state index in [0.717, 1.165) is 64.5 Å². The number of carboxylic acids is 1. The number of aliphatic carboxylic acids is 1. The minimum atomic E-state index is -0.703. The normalized spacial score (nSPS) is 46.4. The summed E-state index contributed by atoms with van der Waals surface area (Å²) >= 11 is 0. The molecule has 6 heteroatoms. The molecule has 5 aliphatic carbocycles. The van der Waals surface area contributed by atoms with Gasteiger partial charge in [-0.3, -0.25) is 24.2 Å². The molecule has 1 spiro atoms. The van der Waals surface area contributed by atoms with Crippen LogP contribution in [0, 0.1) is 51.8 Å². The first kappa shape index (κ1) is 24.6. The largest absolute Gasteiger partial charge is 0.481 e. The monoisotopic (exact) mass is 496 g/mol. The number of hydrogen-bond acceptors (Lipinski definition) is 4. The molecule has 2 heterocycles. The van der Waals surface area contributed by atoms with Crippen LogP contribution in [0.15, 0.2) is 11.6 Å². The number of likely N-dealkylation sites (tertiary alicyclic amines) is 2. The molecule has 8 atom stereocenters. The fourth-order valence-electron chi connectivity index (χ4n) is 10.5. The second-order valence-electron chi connectivity index (χ2n) is 13.9. The molecule has 7 rings (SSSR count). The van der Waals surface area contributed by atoms with E-state index >= 15 is 0 Å². The van der Waals surface area contributed by atoms with Crippen LogP contribution in [-0.4, -0.2) is 52.4 Å². The number of carbonyl (C=O) groups is 3. The van der Waals surface area contributed by atoms with E-state index in [1.54, 1.807) is 4.90 Å². The number of carboxylic acid groups (broad SMARTS) is 1. The SMILES string of the molecule is CC(C)C1=CC23CCC4C(C)(C(=O)O)CCCC4(C)C2CC1C1C(=O)N(CN2CCCCC2)C(=O)C13. The Morgan fingerprint density at radius 2 is 1.75 bits per heavy atom. The molecule has 0 aromatic carbocycles. The van der Waals surface area contributed by atoms with Gasteiger partial charge < -0.3 is 5.11 Å². The van der Waals surface area contributed by atoms with Crippen molar-refractivity contribution in [1.82, 2.24) is 9.80 Å². The number of rotatable bonds is 4. The summed E-state index contributed by atoms with van der Waals surface area (Å²) in [6.45, 7) is 11.2. The quantitative estimate of drug-likeness (QED) is 0.441. The van der Waals surface area contributed by atoms with E-state index in [1.165, 1.54) is 12.0 Å². The second kappa shape index (κ2) is 8.15. The lowest BCUT2D eigenvalue weighted by molar-refractivity contribution is -0.194. The maximum absolute atomic E-state index is 14.2. The molecule has 0 aromatic rings. The standard InChI is InChI=1S/C30H44N2O4/c1-18(2)20-16-30-12-9-21-28(3,10-8-11-29(21,4)27(35)36)22(30)15-19(20)23-24(30)26(34)32(25(23)33)17-31-13-6-5-7-14-31/h16,18-19,21-24H,5-15,17H2,1-4H3,(H,35,36). The summed E-state index contributed by atoms with van der Waals surface area (Å²) in [5, 5.41) is 10.3. The lowest BCUT2D eigenvalue weighted by atomic mass is 9.34. The Morgan fingerprint density at radius 3 is 2.42 bits per heavy atom. The number of imide groups is 1. The molecular formula is C30H44N2O4. The molecule has 36 heavy (non-hydrogen) atoms. The van der Waals surface area contributed by atoms with Crippen LogP contribution in [0.4, 0.5) is 0 Å². The van der Waals surface area contributed by atoms with Crippen LogP contribution in [0.25, 0.3) is 0 Å². The number of amides is 2. The number of carbonyl (C=O) groups excluding carboxylic acids is 2. The third-order valence-corrected chi connectivity index (χ3v) is 12.0. The highest BCUT2D eigenvalue weighted by Crippen LogP contribution is 2.74. The molecule has 198 valence electrons. The van der Waals surface area contributed by atoms with Crippen molar-refractivity contribution >= 4 is 17.8 Å². The van der Waals surface area contributed by atoms with Gasteiger partial charge in [-0.25, -0.2) is 0 Å². The van der Waals surface area contributed by atoms with Crippen LogP contribution < -0.4 is 0 Å². The lowest BCUT2D eigenvalue weighted by Crippen LogP contribution is -2.65. The minimum absolute atomic E-state index is 0.0585. The van der Waals surface area contributed by atoms with E-state index in [4.69, 9.17) is 0 Å². The predicted octanol–water partition coefficient (Wildman–Crippen LogP) is 4.94. The second-order valence-corrected chi connectivity index (χ2v) is 13.9. The van der Waals surface area contributed by atoms with Crippen LogP contribution in [0.2, 0.25) is 0 Å². The molecule has 2 amide bonds. The third-order valence-electron chi connectivity index (χ3n) is 12.0. The van der Waals surface area contributed by atoms with E-state index in [1.807, 2.05) is 6.92 Å². The molecule has 7 aliphatic rings. The third kappa shape index (κ3) is 3.09. The van der Waals surface area contributed by atoms with E-state index < -0.39 is 11.4 Å². The zero-order valence-electron chi connectivity index (χ0n) is 22.6. The maximum Gasteiger partial charge on any atom is 0.309 e. The van der Waals surface area contributed by atoms with Crippen molar-refractivity contribution in [3.63, 3.8) is 0 Å². The molecule has 2 aliphatic heterocycles. The molecule has 1 N–H and O–H groups in total. The summed E-state index contributed by atoms with van der Waals surface area (Å²) in [5.41, 5.74) is 0.248. The summed E-state index contributed by atoms with van der Waals surface area (Å²) in [4.78, 5) is 44.6. The van der Waals surface area contributed by atoms with E-state index in [9.17, 15) is 19.5 Å². The number of allylic oxidation sites excluding steroid dienone is 2. The van der Waals surface area contributed by atoms with Gasteiger partial charge in [-0.05, 0) is 94.0 Å². The van der Waals surface area contributed by atoms with Gasteiger partial charge in [0.25, 0.3) is 0 Å². The summed E-state index contributed by atoms with van der Waals surface area (Å²) in [7, 11) is 0. The van der Waals surface area contributed by atoms with Crippen LogP contribution >= 0.6 is 0 Å². The van der Waals surface area contributed by atoms with Crippen molar-refractivity contribution in [3.05, 3.63) is 11.6 Å². The number of nitrogens with zero attached hydrogens (tertiary/aromatic N) is 2. The van der Waals surface area contributed by atoms with Crippen LogP contribution in [-0.2, 0) is 14.4 Å². The lowest BCUT2D eigenvalue weighted by Gasteiger charge is -2.68. The molecule has 2 bridgehead atoms. The first-order chi connectivity index (χ1) is 17.0. The fourth-order valence-corrected chi connectivity index (χ4v) is 10.5. The highest BCUT2D eigenvalue weighted by molar-refractivity contribution is 6.06. The highest BCUT2D eigenvalue weighted by Gasteiger charge is 2.73. The Kier molecular flexibility index (Phi) is 5.58. The first-order valence-electron chi connectivity index (χ1n) is 14.6. The van der Waals surface area contributed by atoms with Crippen molar-refractivity contribution in [2.75, 3.05) is 19.8 Å². The highest BCUT2D eigenvalue weighted by atomic mass is 16.4. The van der Waals surface area contributed by atoms with Crippen molar-refractivity contribution in [2.24, 2.45) is 51.8 Å². The fraction of sp³-hybridized carbons (Fsp3) is 0.833. The summed E-state index contributed by atoms with van der Waals surface area (Å²) in [6, 6.07) is 0. The van der Waals surface area contributed by atoms with Crippen molar-refractivity contribution < 1.29 is 19.5 Å². The zero-order valence-corrected chi connectivity index (χ0v) is 22.6. The Morgan fingerprint density at radius 1 is 1.03 bits per heavy atom. The van der Waals surface area contributed by atoms with Crippen molar-refractivity contribution in [2.45, 2.75) is 85.5 Å². The van der Waals surface area contributed by atoms with Gasteiger partial charge in [0.2, 0.25) is 11.8 Å². The molecule has 6 nitrogen and oxygen atoms in total. The Balaban J connectivity index is 1.41. The summed E-state index contributed by atoms with van der Waals surface area (Å²) in [6.07, 6.45) is 11.3. The van der Waals surface area contributed by atoms with Crippen molar-refractivity contribution in [3.8, 4) is 0 Å². The maximum atomic E-state index is 14.2. The van der Waals surface area contributed by atoms with E-state index in [-0.39, 0.29) is 52.2 Å². The number of hydrogen-bond donors (Lipinski definition) is 1.